The number of hydrogen-bond acceptors (Lipinski definition) is 5. The van der Waals surface area contributed by atoms with Crippen LogP contribution in [0.5, 0.6) is 0 Å². The smallest absolute Gasteiger partial charge is 0.251 e. The number of ether oxygens (including phenoxy) is 2. The molecular weight excluding hydrogens is 374 g/mol. The highest BCUT2D eigenvalue weighted by molar-refractivity contribution is 5.94. The van der Waals surface area contributed by atoms with Crippen LogP contribution in [0.25, 0.3) is 0 Å². The molecule has 1 aromatic carbocycles. The topological polar surface area (TPSA) is 120 Å². The van der Waals surface area contributed by atoms with Gasteiger partial charge in [0.05, 0.1) is 13.2 Å². The number of primary amides is 1. The van der Waals surface area contributed by atoms with Crippen molar-refractivity contribution in [3.05, 3.63) is 35.4 Å². The molecule has 0 aliphatic heterocycles. The molecule has 0 aromatic heterocycles. The summed E-state index contributed by atoms with van der Waals surface area (Å²) < 4.78 is 10.5. The van der Waals surface area contributed by atoms with Crippen LogP contribution in [0.2, 0.25) is 0 Å². The quantitative estimate of drug-likeness (QED) is 0.379. The first-order chi connectivity index (χ1) is 13.9. The van der Waals surface area contributed by atoms with E-state index in [9.17, 15) is 14.4 Å². The van der Waals surface area contributed by atoms with E-state index < -0.39 is 17.9 Å². The summed E-state index contributed by atoms with van der Waals surface area (Å²) in [6, 6.07) is 6.58. The number of rotatable bonds is 15. The summed E-state index contributed by atoms with van der Waals surface area (Å²) >= 11 is 0. The molecule has 0 radical (unpaired) electrons. The van der Waals surface area contributed by atoms with Crippen LogP contribution in [0.1, 0.15) is 48.5 Å². The van der Waals surface area contributed by atoms with Gasteiger partial charge in [-0.3, -0.25) is 14.4 Å². The van der Waals surface area contributed by atoms with Crippen molar-refractivity contribution in [1.82, 2.24) is 10.6 Å². The highest BCUT2D eigenvalue weighted by Crippen LogP contribution is 2.04. The third-order valence-electron chi connectivity index (χ3n) is 4.15. The molecule has 1 rings (SSSR count). The highest BCUT2D eigenvalue weighted by atomic mass is 16.5. The van der Waals surface area contributed by atoms with Crippen LogP contribution in [-0.4, -0.2) is 56.7 Å². The number of amides is 3. The number of aryl methyl sites for hydroxylation is 1. The van der Waals surface area contributed by atoms with E-state index in [1.807, 2.05) is 26.0 Å². The van der Waals surface area contributed by atoms with Crippen LogP contribution >= 0.6 is 0 Å². The summed E-state index contributed by atoms with van der Waals surface area (Å²) in [5, 5.41) is 5.42. The fourth-order valence-electron chi connectivity index (χ4n) is 2.53. The maximum absolute atomic E-state index is 12.0. The number of carbonyl (C=O) groups excluding carboxylic acids is 3. The third-order valence-corrected chi connectivity index (χ3v) is 4.15. The van der Waals surface area contributed by atoms with E-state index >= 15 is 0 Å². The van der Waals surface area contributed by atoms with Crippen molar-refractivity contribution in [3.63, 3.8) is 0 Å². The van der Waals surface area contributed by atoms with Crippen LogP contribution in [-0.2, 0) is 19.1 Å². The molecule has 4 N–H and O–H groups in total. The van der Waals surface area contributed by atoms with Crippen molar-refractivity contribution in [1.29, 1.82) is 0 Å². The van der Waals surface area contributed by atoms with Crippen molar-refractivity contribution < 1.29 is 23.9 Å². The summed E-state index contributed by atoms with van der Waals surface area (Å²) in [5.74, 6) is -1.12. The maximum Gasteiger partial charge on any atom is 0.251 e. The molecule has 0 saturated carbocycles. The number of nitrogens with one attached hydrogen (secondary N) is 2. The van der Waals surface area contributed by atoms with Crippen LogP contribution in [0, 0.1) is 6.92 Å². The lowest BCUT2D eigenvalue weighted by molar-refractivity contribution is -0.130. The predicted molar refractivity (Wildman–Crippen MR) is 110 cm³/mol. The lowest BCUT2D eigenvalue weighted by Crippen LogP contribution is -2.45. The van der Waals surface area contributed by atoms with Gasteiger partial charge in [-0.2, -0.15) is 0 Å². The average molecular weight is 408 g/mol. The first-order valence-corrected chi connectivity index (χ1v) is 10.0. The van der Waals surface area contributed by atoms with Crippen LogP contribution in [0.3, 0.4) is 0 Å². The Bertz CT molecular complexity index is 634. The van der Waals surface area contributed by atoms with Gasteiger partial charge in [-0.05, 0) is 44.7 Å². The molecule has 1 aromatic rings. The monoisotopic (exact) mass is 407 g/mol. The van der Waals surface area contributed by atoms with E-state index in [4.69, 9.17) is 15.2 Å². The molecule has 8 heteroatoms. The normalized spacial score (nSPS) is 11.7. The zero-order chi connectivity index (χ0) is 21.5. The molecular formula is C21H33N3O5. The second-order valence-electron chi connectivity index (χ2n) is 6.81. The van der Waals surface area contributed by atoms with Gasteiger partial charge in [0, 0.05) is 18.7 Å². The van der Waals surface area contributed by atoms with Crippen molar-refractivity contribution in [2.75, 3.05) is 33.0 Å². The summed E-state index contributed by atoms with van der Waals surface area (Å²) in [6.45, 7) is 5.70. The van der Waals surface area contributed by atoms with Gasteiger partial charge < -0.3 is 25.8 Å². The number of unbranched alkanes of at least 4 members (excludes halogenated alkanes) is 1. The summed E-state index contributed by atoms with van der Waals surface area (Å²) in [5.41, 5.74) is 7.06. The Morgan fingerprint density at radius 3 is 2.38 bits per heavy atom. The number of nitrogens with two attached hydrogens (primary N) is 1. The van der Waals surface area contributed by atoms with Crippen LogP contribution in [0.15, 0.2) is 24.3 Å². The van der Waals surface area contributed by atoms with Gasteiger partial charge in [0.25, 0.3) is 5.91 Å². The number of benzene rings is 1. The molecule has 3 amide bonds. The minimum Gasteiger partial charge on any atom is -0.379 e. The molecule has 29 heavy (non-hydrogen) atoms. The fraction of sp³-hybridized carbons (Fsp3) is 0.571. The maximum atomic E-state index is 12.0. The molecule has 0 saturated heterocycles. The van der Waals surface area contributed by atoms with Gasteiger partial charge in [0.1, 0.15) is 12.6 Å². The van der Waals surface area contributed by atoms with E-state index in [1.165, 1.54) is 0 Å². The largest absolute Gasteiger partial charge is 0.379 e. The Labute approximate surface area is 172 Å². The van der Waals surface area contributed by atoms with Gasteiger partial charge in [0.15, 0.2) is 0 Å². The Morgan fingerprint density at radius 2 is 1.72 bits per heavy atom. The summed E-state index contributed by atoms with van der Waals surface area (Å²) in [7, 11) is 0. The number of carbonyl (C=O) groups is 3. The minimum absolute atomic E-state index is 0.134. The van der Waals surface area contributed by atoms with E-state index in [1.54, 1.807) is 12.1 Å². The van der Waals surface area contributed by atoms with Crippen LogP contribution < -0.4 is 16.4 Å². The first-order valence-electron chi connectivity index (χ1n) is 10.0. The molecule has 8 nitrogen and oxygen atoms in total. The van der Waals surface area contributed by atoms with Gasteiger partial charge in [0.2, 0.25) is 11.8 Å². The Hall–Kier alpha value is -2.45. The Kier molecular flexibility index (Phi) is 12.3. The first kappa shape index (κ1) is 24.6. The lowest BCUT2D eigenvalue weighted by Gasteiger charge is -2.15. The molecule has 0 spiro atoms. The molecule has 0 unspecified atom stereocenters. The highest BCUT2D eigenvalue weighted by Gasteiger charge is 2.17. The van der Waals surface area contributed by atoms with Crippen molar-refractivity contribution >= 4 is 17.7 Å². The van der Waals surface area contributed by atoms with Gasteiger partial charge >= 0.3 is 0 Å². The van der Waals surface area contributed by atoms with E-state index in [2.05, 4.69) is 10.6 Å². The standard InChI is InChI=1S/C21H33N3O5/c1-3-12-28-13-14-29-15-19(25)24-18(20(22)26)6-4-5-11-23-21(27)17-9-7-16(2)8-10-17/h7-10,18H,3-6,11-15H2,1-2H3,(H2,22,26)(H,23,27)(H,24,25)/t18-/m0/s1. The molecule has 0 bridgehead atoms. The van der Waals surface area contributed by atoms with Gasteiger partial charge in [-0.1, -0.05) is 24.6 Å². The third kappa shape index (κ3) is 11.2. The van der Waals surface area contributed by atoms with E-state index in [0.29, 0.717) is 51.2 Å². The van der Waals surface area contributed by atoms with E-state index in [0.717, 1.165) is 12.0 Å². The SMILES string of the molecule is CCCOCCOCC(=O)N[C@@H](CCCCNC(=O)c1ccc(C)cc1)C(N)=O. The summed E-state index contributed by atoms with van der Waals surface area (Å²) in [4.78, 5) is 35.4. The van der Waals surface area contributed by atoms with Crippen LogP contribution in [0.4, 0.5) is 0 Å². The molecule has 0 heterocycles. The summed E-state index contributed by atoms with van der Waals surface area (Å²) in [6.07, 6.45) is 2.63. The minimum atomic E-state index is -0.754. The predicted octanol–water partition coefficient (Wildman–Crippen LogP) is 1.31. The average Bonchev–Trinajstić information content (AvgIpc) is 2.69. The molecule has 0 fully saturated rings. The van der Waals surface area contributed by atoms with Crippen molar-refractivity contribution in [2.45, 2.75) is 45.6 Å². The van der Waals surface area contributed by atoms with Gasteiger partial charge in [-0.25, -0.2) is 0 Å². The zero-order valence-electron chi connectivity index (χ0n) is 17.4. The number of hydrogen-bond donors (Lipinski definition) is 3. The fourth-order valence-corrected chi connectivity index (χ4v) is 2.53. The molecule has 162 valence electrons. The molecule has 1 atom stereocenters. The van der Waals surface area contributed by atoms with E-state index in [-0.39, 0.29) is 12.5 Å². The lowest BCUT2D eigenvalue weighted by atomic mass is 10.1. The second kappa shape index (κ2) is 14.5. The van der Waals surface area contributed by atoms with Crippen molar-refractivity contribution in [2.24, 2.45) is 5.73 Å². The Morgan fingerprint density at radius 1 is 1.03 bits per heavy atom. The zero-order valence-corrected chi connectivity index (χ0v) is 17.4. The Balaban J connectivity index is 2.20. The van der Waals surface area contributed by atoms with Crippen molar-refractivity contribution in [3.8, 4) is 0 Å². The van der Waals surface area contributed by atoms with Gasteiger partial charge in [-0.15, -0.1) is 0 Å². The second-order valence-corrected chi connectivity index (χ2v) is 6.81. The molecule has 0 aliphatic carbocycles. The molecule has 0 aliphatic rings.